The number of benzene rings is 2. The minimum atomic E-state index is 0.131. The number of nitrogens with zero attached hydrogens (tertiary/aromatic N) is 1. The van der Waals surface area contributed by atoms with Crippen molar-refractivity contribution in [3.63, 3.8) is 0 Å². The van der Waals surface area contributed by atoms with Crippen LogP contribution in [0.15, 0.2) is 54.6 Å². The number of ether oxygens (including phenoxy) is 1. The van der Waals surface area contributed by atoms with Crippen LogP contribution in [0, 0.1) is 5.92 Å². The molecule has 1 N–H and O–H groups in total. The summed E-state index contributed by atoms with van der Waals surface area (Å²) in [5, 5.41) is 3.09. The third kappa shape index (κ3) is 5.57. The minimum Gasteiger partial charge on any atom is -0.497 e. The highest BCUT2D eigenvalue weighted by Crippen LogP contribution is 2.22. The van der Waals surface area contributed by atoms with E-state index >= 15 is 0 Å². The normalized spacial score (nSPS) is 16.7. The molecule has 0 spiro atoms. The van der Waals surface area contributed by atoms with E-state index in [9.17, 15) is 4.79 Å². The van der Waals surface area contributed by atoms with E-state index in [1.807, 2.05) is 24.3 Å². The van der Waals surface area contributed by atoms with Gasteiger partial charge >= 0.3 is 0 Å². The average Bonchev–Trinajstić information content (AvgIpc) is 2.73. The van der Waals surface area contributed by atoms with Gasteiger partial charge < -0.3 is 15.0 Å². The number of hydrogen-bond acceptors (Lipinski definition) is 3. The summed E-state index contributed by atoms with van der Waals surface area (Å²) in [6, 6.07) is 18.5. The van der Waals surface area contributed by atoms with Crippen LogP contribution < -0.4 is 10.1 Å². The van der Waals surface area contributed by atoms with Gasteiger partial charge in [-0.25, -0.2) is 0 Å². The highest BCUT2D eigenvalue weighted by Gasteiger charge is 2.25. The summed E-state index contributed by atoms with van der Waals surface area (Å²) in [6.07, 6.45) is 1.88. The van der Waals surface area contributed by atoms with Crippen molar-refractivity contribution in [3.05, 3.63) is 65.7 Å². The maximum absolute atomic E-state index is 12.5. The molecule has 4 heteroatoms. The summed E-state index contributed by atoms with van der Waals surface area (Å²) in [5.41, 5.74) is 2.48. The quantitative estimate of drug-likeness (QED) is 0.810. The number of rotatable bonds is 7. The van der Waals surface area contributed by atoms with Crippen molar-refractivity contribution < 1.29 is 9.53 Å². The minimum absolute atomic E-state index is 0.131. The molecule has 1 amide bonds. The summed E-state index contributed by atoms with van der Waals surface area (Å²) in [4.78, 5) is 15.0. The van der Waals surface area contributed by atoms with Crippen LogP contribution in [0.5, 0.6) is 5.75 Å². The molecule has 0 aliphatic carbocycles. The molecule has 1 aliphatic heterocycles. The molecule has 1 fully saturated rings. The zero-order chi connectivity index (χ0) is 19.1. The molecule has 1 heterocycles. The van der Waals surface area contributed by atoms with Gasteiger partial charge in [-0.15, -0.1) is 0 Å². The monoisotopic (exact) mass is 366 g/mol. The molecule has 0 radical (unpaired) electrons. The largest absolute Gasteiger partial charge is 0.497 e. The number of nitrogens with one attached hydrogen (secondary N) is 1. The molecule has 1 aliphatic rings. The van der Waals surface area contributed by atoms with Crippen LogP contribution in [0.2, 0.25) is 0 Å². The number of amides is 1. The summed E-state index contributed by atoms with van der Waals surface area (Å²) < 4.78 is 5.16. The first-order chi connectivity index (χ1) is 13.2. The van der Waals surface area contributed by atoms with Crippen molar-refractivity contribution in [1.29, 1.82) is 0 Å². The lowest BCUT2D eigenvalue weighted by Gasteiger charge is -2.33. The molecule has 0 saturated carbocycles. The summed E-state index contributed by atoms with van der Waals surface area (Å²) in [7, 11) is 1.66. The summed E-state index contributed by atoms with van der Waals surface area (Å²) in [6.45, 7) is 5.91. The molecule has 1 atom stereocenters. The number of hydrogen-bond donors (Lipinski definition) is 1. The van der Waals surface area contributed by atoms with E-state index < -0.39 is 0 Å². The lowest BCUT2D eigenvalue weighted by atomic mass is 9.94. The summed E-state index contributed by atoms with van der Waals surface area (Å²) >= 11 is 0. The van der Waals surface area contributed by atoms with Gasteiger partial charge in [-0.05, 0) is 55.1 Å². The van der Waals surface area contributed by atoms with Gasteiger partial charge in [0, 0.05) is 19.0 Å². The van der Waals surface area contributed by atoms with E-state index in [0.29, 0.717) is 12.5 Å². The molecule has 0 unspecified atom stereocenters. The smallest absolute Gasteiger partial charge is 0.223 e. The fourth-order valence-electron chi connectivity index (χ4n) is 3.73. The van der Waals surface area contributed by atoms with Crippen LogP contribution in [-0.2, 0) is 11.3 Å². The molecule has 0 aromatic heterocycles. The first-order valence-electron chi connectivity index (χ1n) is 9.83. The zero-order valence-electron chi connectivity index (χ0n) is 16.4. The number of carbonyl (C=O) groups excluding carboxylic acids is 1. The van der Waals surface area contributed by atoms with Gasteiger partial charge in [0.15, 0.2) is 0 Å². The zero-order valence-corrected chi connectivity index (χ0v) is 16.4. The molecule has 0 bridgehead atoms. The van der Waals surface area contributed by atoms with Crippen molar-refractivity contribution in [2.45, 2.75) is 32.2 Å². The van der Waals surface area contributed by atoms with Crippen molar-refractivity contribution >= 4 is 5.91 Å². The van der Waals surface area contributed by atoms with Crippen molar-refractivity contribution in [3.8, 4) is 5.75 Å². The fraction of sp³-hybridized carbons (Fsp3) is 0.435. The second-order valence-corrected chi connectivity index (χ2v) is 7.45. The molecule has 3 rings (SSSR count). The lowest BCUT2D eigenvalue weighted by Crippen LogP contribution is -2.41. The molecule has 4 nitrogen and oxygen atoms in total. The number of piperidine rings is 1. The van der Waals surface area contributed by atoms with Gasteiger partial charge in [-0.3, -0.25) is 4.79 Å². The van der Waals surface area contributed by atoms with E-state index in [1.54, 1.807) is 7.11 Å². The van der Waals surface area contributed by atoms with E-state index in [4.69, 9.17) is 4.74 Å². The lowest BCUT2D eigenvalue weighted by molar-refractivity contribution is -0.126. The van der Waals surface area contributed by atoms with Gasteiger partial charge in [0.25, 0.3) is 0 Å². The Morgan fingerprint density at radius 3 is 2.41 bits per heavy atom. The van der Waals surface area contributed by atoms with E-state index in [-0.39, 0.29) is 11.8 Å². The van der Waals surface area contributed by atoms with Crippen LogP contribution in [0.1, 0.15) is 36.8 Å². The second kappa shape index (κ2) is 9.56. The molecule has 1 saturated heterocycles. The molecule has 27 heavy (non-hydrogen) atoms. The third-order valence-corrected chi connectivity index (χ3v) is 5.48. The Labute approximate surface area is 162 Å². The number of likely N-dealkylation sites (tertiary alicyclic amines) is 1. The van der Waals surface area contributed by atoms with Crippen molar-refractivity contribution in [2.24, 2.45) is 5.92 Å². The number of methoxy groups -OCH3 is 1. The van der Waals surface area contributed by atoms with Crippen LogP contribution in [0.4, 0.5) is 0 Å². The molecule has 2 aromatic carbocycles. The van der Waals surface area contributed by atoms with Gasteiger partial charge in [-0.1, -0.05) is 49.4 Å². The highest BCUT2D eigenvalue weighted by molar-refractivity contribution is 5.78. The standard InChI is InChI=1S/C23H30N2O2/c1-18(20-6-4-3-5-7-20)17-25-14-12-21(13-15-25)23(26)24-16-19-8-10-22(27-2)11-9-19/h3-11,18,21H,12-17H2,1-2H3,(H,24,26)/t18-/m1/s1. The van der Waals surface area contributed by atoms with E-state index in [1.165, 1.54) is 5.56 Å². The molecular weight excluding hydrogens is 336 g/mol. The molecule has 144 valence electrons. The van der Waals surface area contributed by atoms with Gasteiger partial charge in [0.2, 0.25) is 5.91 Å². The van der Waals surface area contributed by atoms with E-state index in [2.05, 4.69) is 47.5 Å². The number of carbonyl (C=O) groups is 1. The Kier molecular flexibility index (Phi) is 6.88. The SMILES string of the molecule is COc1ccc(CNC(=O)C2CCN(C[C@@H](C)c3ccccc3)CC2)cc1. The topological polar surface area (TPSA) is 41.6 Å². The summed E-state index contributed by atoms with van der Waals surface area (Å²) in [5.74, 6) is 1.67. The van der Waals surface area contributed by atoms with Crippen molar-refractivity contribution in [1.82, 2.24) is 10.2 Å². The first-order valence-corrected chi connectivity index (χ1v) is 9.83. The van der Waals surface area contributed by atoms with Crippen LogP contribution in [0.25, 0.3) is 0 Å². The highest BCUT2D eigenvalue weighted by atomic mass is 16.5. The van der Waals surface area contributed by atoms with Crippen LogP contribution in [-0.4, -0.2) is 37.6 Å². The maximum atomic E-state index is 12.5. The first kappa shape index (κ1) is 19.4. The molecule has 2 aromatic rings. The Bertz CT molecular complexity index is 707. The second-order valence-electron chi connectivity index (χ2n) is 7.45. The fourth-order valence-corrected chi connectivity index (χ4v) is 3.73. The Balaban J connectivity index is 1.41. The maximum Gasteiger partial charge on any atom is 0.223 e. The van der Waals surface area contributed by atoms with Crippen LogP contribution in [0.3, 0.4) is 0 Å². The van der Waals surface area contributed by atoms with Gasteiger partial charge in [0.05, 0.1) is 7.11 Å². The van der Waals surface area contributed by atoms with Crippen LogP contribution >= 0.6 is 0 Å². The third-order valence-electron chi connectivity index (χ3n) is 5.48. The van der Waals surface area contributed by atoms with Crippen molar-refractivity contribution in [2.75, 3.05) is 26.7 Å². The van der Waals surface area contributed by atoms with Gasteiger partial charge in [0.1, 0.15) is 5.75 Å². The van der Waals surface area contributed by atoms with Gasteiger partial charge in [-0.2, -0.15) is 0 Å². The predicted octanol–water partition coefficient (Wildman–Crippen LogP) is 3.83. The molecular formula is C23H30N2O2. The van der Waals surface area contributed by atoms with E-state index in [0.717, 1.165) is 43.8 Å². The Morgan fingerprint density at radius 1 is 1.11 bits per heavy atom. The predicted molar refractivity (Wildman–Crippen MR) is 109 cm³/mol. The Hall–Kier alpha value is -2.33. The average molecular weight is 367 g/mol. The Morgan fingerprint density at radius 2 is 1.78 bits per heavy atom.